The monoisotopic (exact) mass is 445 g/mol. The maximum absolute atomic E-state index is 13.1. The van der Waals surface area contributed by atoms with E-state index in [4.69, 9.17) is 0 Å². The number of halogens is 3. The Labute approximate surface area is 151 Å². The van der Waals surface area contributed by atoms with Crippen LogP contribution in [0.1, 0.15) is 11.1 Å². The second kappa shape index (κ2) is 8.18. The molecular weight excluding hydrogens is 431 g/mol. The Balaban J connectivity index is 2.02. The number of carboxylic acid groups (broad SMARTS) is 1. The van der Waals surface area contributed by atoms with Crippen molar-refractivity contribution in [3.63, 3.8) is 0 Å². The molecule has 2 rings (SSSR count). The number of aliphatic carboxylic acids is 1. The predicted molar refractivity (Wildman–Crippen MR) is 92.5 cm³/mol. The lowest BCUT2D eigenvalue weighted by molar-refractivity contribution is -0.141. The highest BCUT2D eigenvalue weighted by molar-refractivity contribution is 14.1. The zero-order valence-electron chi connectivity index (χ0n) is 12.4. The molecular formula is C17H14F2INO3. The third-order valence-corrected chi connectivity index (χ3v) is 3.98. The van der Waals surface area contributed by atoms with Gasteiger partial charge in [0.15, 0.2) is 11.6 Å². The average Bonchev–Trinajstić information content (AvgIpc) is 2.50. The van der Waals surface area contributed by atoms with E-state index >= 15 is 0 Å². The number of hydrogen-bond donors (Lipinski definition) is 2. The molecule has 0 saturated carbocycles. The first-order chi connectivity index (χ1) is 11.3. The molecule has 0 radical (unpaired) electrons. The van der Waals surface area contributed by atoms with Gasteiger partial charge in [0.1, 0.15) is 6.04 Å². The minimum atomic E-state index is -1.16. The maximum atomic E-state index is 13.1. The number of nitrogens with one attached hydrogen (secondary N) is 1. The van der Waals surface area contributed by atoms with Crippen LogP contribution < -0.4 is 5.32 Å². The van der Waals surface area contributed by atoms with Gasteiger partial charge in [0.25, 0.3) is 0 Å². The first-order valence-electron chi connectivity index (χ1n) is 7.05. The van der Waals surface area contributed by atoms with Crippen LogP contribution in [0.25, 0.3) is 0 Å². The molecule has 2 aromatic carbocycles. The van der Waals surface area contributed by atoms with Crippen molar-refractivity contribution in [2.75, 3.05) is 0 Å². The highest BCUT2D eigenvalue weighted by Gasteiger charge is 2.20. The maximum Gasteiger partial charge on any atom is 0.326 e. The molecule has 1 atom stereocenters. The van der Waals surface area contributed by atoms with E-state index < -0.39 is 29.6 Å². The van der Waals surface area contributed by atoms with Crippen LogP contribution in [-0.2, 0) is 22.4 Å². The number of carboxylic acids is 1. The van der Waals surface area contributed by atoms with E-state index in [0.29, 0.717) is 0 Å². The van der Waals surface area contributed by atoms with E-state index in [2.05, 4.69) is 27.9 Å². The van der Waals surface area contributed by atoms with Crippen molar-refractivity contribution in [2.45, 2.75) is 18.9 Å². The van der Waals surface area contributed by atoms with Crippen LogP contribution in [0.2, 0.25) is 0 Å². The number of benzene rings is 2. The Kier molecular flexibility index (Phi) is 6.24. The van der Waals surface area contributed by atoms with Gasteiger partial charge in [-0.3, -0.25) is 4.79 Å². The van der Waals surface area contributed by atoms with Gasteiger partial charge in [0.2, 0.25) is 5.91 Å². The van der Waals surface area contributed by atoms with Crippen molar-refractivity contribution in [3.05, 3.63) is 68.8 Å². The van der Waals surface area contributed by atoms with Gasteiger partial charge in [-0.15, -0.1) is 0 Å². The molecule has 2 N–H and O–H groups in total. The largest absolute Gasteiger partial charge is 0.480 e. The lowest BCUT2D eigenvalue weighted by Crippen LogP contribution is -2.43. The third-order valence-electron chi connectivity index (χ3n) is 3.31. The highest BCUT2D eigenvalue weighted by atomic mass is 127. The fraction of sp³-hybridized carbons (Fsp3) is 0.176. The average molecular weight is 445 g/mol. The quantitative estimate of drug-likeness (QED) is 0.673. The fourth-order valence-electron chi connectivity index (χ4n) is 2.18. The summed E-state index contributed by atoms with van der Waals surface area (Å²) in [7, 11) is 0. The summed E-state index contributed by atoms with van der Waals surface area (Å²) in [6.45, 7) is 0. The number of amides is 1. The minimum Gasteiger partial charge on any atom is -0.480 e. The molecule has 1 amide bonds. The molecule has 0 aliphatic carbocycles. The van der Waals surface area contributed by atoms with Gasteiger partial charge in [-0.25, -0.2) is 13.6 Å². The molecule has 7 heteroatoms. The van der Waals surface area contributed by atoms with Gasteiger partial charge < -0.3 is 10.4 Å². The van der Waals surface area contributed by atoms with Crippen LogP contribution in [-0.4, -0.2) is 23.0 Å². The predicted octanol–water partition coefficient (Wildman–Crippen LogP) is 2.92. The van der Waals surface area contributed by atoms with Crippen molar-refractivity contribution in [2.24, 2.45) is 0 Å². The smallest absolute Gasteiger partial charge is 0.326 e. The van der Waals surface area contributed by atoms with E-state index in [-0.39, 0.29) is 18.4 Å². The molecule has 24 heavy (non-hydrogen) atoms. The molecule has 0 saturated heterocycles. The van der Waals surface area contributed by atoms with Crippen LogP contribution in [0.15, 0.2) is 42.5 Å². The Hall–Kier alpha value is -2.03. The first kappa shape index (κ1) is 18.3. The normalized spacial score (nSPS) is 11.8. The summed E-state index contributed by atoms with van der Waals surface area (Å²) >= 11 is 2.11. The van der Waals surface area contributed by atoms with E-state index in [1.165, 1.54) is 6.07 Å². The van der Waals surface area contributed by atoms with Crippen LogP contribution >= 0.6 is 22.6 Å². The molecule has 0 bridgehead atoms. The molecule has 4 nitrogen and oxygen atoms in total. The molecule has 0 aromatic heterocycles. The summed E-state index contributed by atoms with van der Waals surface area (Å²) in [4.78, 5) is 23.3. The van der Waals surface area contributed by atoms with Crippen LogP contribution in [0.3, 0.4) is 0 Å². The fourth-order valence-corrected chi connectivity index (χ4v) is 2.79. The van der Waals surface area contributed by atoms with Gasteiger partial charge in [-0.05, 0) is 58.0 Å². The number of carbonyl (C=O) groups is 2. The van der Waals surface area contributed by atoms with Gasteiger partial charge >= 0.3 is 5.97 Å². The topological polar surface area (TPSA) is 66.4 Å². The molecule has 0 fully saturated rings. The van der Waals surface area contributed by atoms with Crippen LogP contribution in [0.5, 0.6) is 0 Å². The Morgan fingerprint density at radius 2 is 1.83 bits per heavy atom. The molecule has 0 spiro atoms. The van der Waals surface area contributed by atoms with Gasteiger partial charge in [0.05, 0.1) is 6.42 Å². The summed E-state index contributed by atoms with van der Waals surface area (Å²) < 4.78 is 27.0. The standard InChI is InChI=1S/C17H14F2INO3/c18-13-5-4-11(7-14(13)19)9-16(22)21-15(17(23)24)8-10-2-1-3-12(20)6-10/h1-7,15H,8-9H2,(H,21,22)(H,23,24)/t15-/m0/s1. The molecule has 0 heterocycles. The second-order valence-electron chi connectivity index (χ2n) is 5.22. The number of rotatable bonds is 6. The van der Waals surface area contributed by atoms with Crippen molar-refractivity contribution in [3.8, 4) is 0 Å². The summed E-state index contributed by atoms with van der Waals surface area (Å²) in [6.07, 6.45) is -0.0942. The van der Waals surface area contributed by atoms with Crippen molar-refractivity contribution in [1.29, 1.82) is 0 Å². The summed E-state index contributed by atoms with van der Waals surface area (Å²) in [5, 5.41) is 11.7. The Morgan fingerprint density at radius 3 is 2.46 bits per heavy atom. The molecule has 2 aromatic rings. The SMILES string of the molecule is O=C(Cc1ccc(F)c(F)c1)N[C@@H](Cc1cccc(I)c1)C(=O)O. The molecule has 0 aliphatic rings. The third kappa shape index (κ3) is 5.26. The number of hydrogen-bond acceptors (Lipinski definition) is 2. The van der Waals surface area contributed by atoms with Gasteiger partial charge in [0, 0.05) is 9.99 Å². The lowest BCUT2D eigenvalue weighted by Gasteiger charge is -2.15. The second-order valence-corrected chi connectivity index (χ2v) is 6.46. The zero-order chi connectivity index (χ0) is 17.7. The van der Waals surface area contributed by atoms with Gasteiger partial charge in [-0.2, -0.15) is 0 Å². The molecule has 0 unspecified atom stereocenters. The van der Waals surface area contributed by atoms with E-state index in [1.54, 1.807) is 12.1 Å². The minimum absolute atomic E-state index is 0.135. The summed E-state index contributed by atoms with van der Waals surface area (Å²) in [6, 6.07) is 9.33. The molecule has 0 aliphatic heterocycles. The Bertz CT molecular complexity index is 767. The lowest BCUT2D eigenvalue weighted by atomic mass is 10.1. The highest BCUT2D eigenvalue weighted by Crippen LogP contribution is 2.11. The van der Waals surface area contributed by atoms with Crippen molar-refractivity contribution >= 4 is 34.5 Å². The van der Waals surface area contributed by atoms with E-state index in [1.807, 2.05) is 12.1 Å². The molecule has 126 valence electrons. The van der Waals surface area contributed by atoms with Crippen molar-refractivity contribution in [1.82, 2.24) is 5.32 Å². The van der Waals surface area contributed by atoms with Gasteiger partial charge in [-0.1, -0.05) is 18.2 Å². The van der Waals surface area contributed by atoms with Crippen LogP contribution in [0.4, 0.5) is 8.78 Å². The summed E-state index contributed by atoms with van der Waals surface area (Å²) in [5.74, 6) is -3.78. The van der Waals surface area contributed by atoms with Crippen molar-refractivity contribution < 1.29 is 23.5 Å². The van der Waals surface area contributed by atoms with E-state index in [0.717, 1.165) is 21.3 Å². The summed E-state index contributed by atoms with van der Waals surface area (Å²) in [5.41, 5.74) is 1.05. The first-order valence-corrected chi connectivity index (χ1v) is 8.13. The van der Waals surface area contributed by atoms with E-state index in [9.17, 15) is 23.5 Å². The zero-order valence-corrected chi connectivity index (χ0v) is 14.6. The Morgan fingerprint density at radius 1 is 1.08 bits per heavy atom. The number of carbonyl (C=O) groups excluding carboxylic acids is 1. The van der Waals surface area contributed by atoms with Crippen LogP contribution in [0, 0.1) is 15.2 Å².